The third-order valence-electron chi connectivity index (χ3n) is 2.50. The summed E-state index contributed by atoms with van der Waals surface area (Å²) < 4.78 is 0. The van der Waals surface area contributed by atoms with Gasteiger partial charge in [-0.05, 0) is 12.8 Å². The zero-order valence-corrected chi connectivity index (χ0v) is 10.00. The molecule has 1 aromatic rings. The minimum Gasteiger partial charge on any atom is -0.393 e. The molecule has 1 aliphatic carbocycles. The highest BCUT2D eigenvalue weighted by molar-refractivity contribution is 6.32. The van der Waals surface area contributed by atoms with Crippen LogP contribution in [0.4, 0.5) is 11.5 Å². The van der Waals surface area contributed by atoms with Crippen LogP contribution in [-0.2, 0) is 4.79 Å². The molecule has 0 saturated heterocycles. The largest absolute Gasteiger partial charge is 0.393 e. The molecule has 0 aromatic carbocycles. The molecule has 0 unspecified atom stereocenters. The Morgan fingerprint density at radius 2 is 2.24 bits per heavy atom. The van der Waals surface area contributed by atoms with Crippen molar-refractivity contribution in [2.75, 3.05) is 24.1 Å². The van der Waals surface area contributed by atoms with Crippen LogP contribution in [0, 0.1) is 5.92 Å². The van der Waals surface area contributed by atoms with Crippen LogP contribution in [0.5, 0.6) is 0 Å². The van der Waals surface area contributed by atoms with Gasteiger partial charge in [0.2, 0.25) is 5.91 Å². The minimum absolute atomic E-state index is 0.125. The molecule has 4 N–H and O–H groups in total. The number of amides is 1. The first-order valence-corrected chi connectivity index (χ1v) is 5.84. The number of hydrogen-bond acceptors (Lipinski definition) is 5. The number of rotatable bonds is 5. The maximum absolute atomic E-state index is 11.3. The Morgan fingerprint density at radius 3 is 2.94 bits per heavy atom. The molecule has 17 heavy (non-hydrogen) atoms. The van der Waals surface area contributed by atoms with Crippen molar-refractivity contribution in [1.29, 1.82) is 0 Å². The number of halogens is 1. The van der Waals surface area contributed by atoms with Crippen LogP contribution in [0.15, 0.2) is 6.33 Å². The summed E-state index contributed by atoms with van der Waals surface area (Å²) in [7, 11) is 0. The third kappa shape index (κ3) is 3.20. The maximum atomic E-state index is 11.3. The summed E-state index contributed by atoms with van der Waals surface area (Å²) in [4.78, 5) is 19.0. The van der Waals surface area contributed by atoms with E-state index in [0.717, 1.165) is 12.8 Å². The summed E-state index contributed by atoms with van der Waals surface area (Å²) in [5, 5.41) is 6.05. The lowest BCUT2D eigenvalue weighted by atomic mass is 10.4. The normalized spacial score (nSPS) is 14.4. The highest BCUT2D eigenvalue weighted by Crippen LogP contribution is 2.28. The van der Waals surface area contributed by atoms with E-state index in [0.29, 0.717) is 24.6 Å². The van der Waals surface area contributed by atoms with Gasteiger partial charge < -0.3 is 16.4 Å². The molecule has 0 bridgehead atoms. The van der Waals surface area contributed by atoms with Gasteiger partial charge in [0.25, 0.3) is 0 Å². The van der Waals surface area contributed by atoms with Gasteiger partial charge in [-0.2, -0.15) is 0 Å². The Bertz CT molecular complexity index is 421. The van der Waals surface area contributed by atoms with Gasteiger partial charge in [0.05, 0.1) is 0 Å². The van der Waals surface area contributed by atoms with E-state index in [1.807, 2.05) is 0 Å². The number of nitrogen functional groups attached to an aromatic ring is 1. The molecule has 0 aliphatic heterocycles. The molecule has 0 radical (unpaired) electrons. The Morgan fingerprint density at radius 1 is 1.47 bits per heavy atom. The Labute approximate surface area is 104 Å². The van der Waals surface area contributed by atoms with Crippen molar-refractivity contribution in [2.45, 2.75) is 12.8 Å². The number of nitrogens with two attached hydrogens (primary N) is 1. The number of nitrogens with zero attached hydrogens (tertiary/aromatic N) is 2. The van der Waals surface area contributed by atoms with Gasteiger partial charge in [-0.15, -0.1) is 0 Å². The van der Waals surface area contributed by atoms with Crippen molar-refractivity contribution >= 4 is 29.0 Å². The van der Waals surface area contributed by atoms with Crippen molar-refractivity contribution in [3.05, 3.63) is 11.5 Å². The molecule has 1 aromatic heterocycles. The molecule has 1 fully saturated rings. The summed E-state index contributed by atoms with van der Waals surface area (Å²) in [6.07, 6.45) is 3.35. The standard InChI is InChI=1S/C10H14ClN5O/c11-8-7(12)9(16-5-15-8)13-3-4-14-10(17)6-1-2-6/h5-6H,1-4,12H2,(H,14,17)(H,13,15,16). The number of anilines is 2. The van der Waals surface area contributed by atoms with Crippen LogP contribution in [0.1, 0.15) is 12.8 Å². The zero-order chi connectivity index (χ0) is 12.3. The first-order valence-electron chi connectivity index (χ1n) is 5.46. The number of aromatic nitrogens is 2. The molecule has 0 spiro atoms. The SMILES string of the molecule is Nc1c(Cl)ncnc1NCCNC(=O)C1CC1. The van der Waals surface area contributed by atoms with E-state index in [1.54, 1.807) is 0 Å². The van der Waals surface area contributed by atoms with Gasteiger partial charge in [0, 0.05) is 19.0 Å². The summed E-state index contributed by atoms with van der Waals surface area (Å²) in [5.74, 6) is 0.847. The highest BCUT2D eigenvalue weighted by atomic mass is 35.5. The van der Waals surface area contributed by atoms with Gasteiger partial charge in [-0.25, -0.2) is 9.97 Å². The molecule has 6 nitrogen and oxygen atoms in total. The predicted molar refractivity (Wildman–Crippen MR) is 65.7 cm³/mol. The molecule has 2 rings (SSSR count). The van der Waals surface area contributed by atoms with Crippen LogP contribution in [0.25, 0.3) is 0 Å². The fourth-order valence-electron chi connectivity index (χ4n) is 1.37. The van der Waals surface area contributed by atoms with Gasteiger partial charge in [0.15, 0.2) is 11.0 Å². The van der Waals surface area contributed by atoms with Crippen LogP contribution >= 0.6 is 11.6 Å². The van der Waals surface area contributed by atoms with Crippen molar-refractivity contribution in [1.82, 2.24) is 15.3 Å². The van der Waals surface area contributed by atoms with Gasteiger partial charge in [-0.3, -0.25) is 4.79 Å². The average molecular weight is 256 g/mol. The highest BCUT2D eigenvalue weighted by Gasteiger charge is 2.28. The molecular formula is C10H14ClN5O. The number of nitrogens with one attached hydrogen (secondary N) is 2. The van der Waals surface area contributed by atoms with Crippen LogP contribution in [0.2, 0.25) is 5.15 Å². The quantitative estimate of drug-likeness (QED) is 0.531. The van der Waals surface area contributed by atoms with Crippen LogP contribution < -0.4 is 16.4 Å². The van der Waals surface area contributed by atoms with E-state index in [1.165, 1.54) is 6.33 Å². The second-order valence-electron chi connectivity index (χ2n) is 3.92. The van der Waals surface area contributed by atoms with E-state index in [-0.39, 0.29) is 17.0 Å². The van der Waals surface area contributed by atoms with Crippen LogP contribution in [0.3, 0.4) is 0 Å². The van der Waals surface area contributed by atoms with Crippen molar-refractivity contribution in [3.8, 4) is 0 Å². The predicted octanol–water partition coefficient (Wildman–Crippen LogP) is 0.650. The van der Waals surface area contributed by atoms with E-state index in [9.17, 15) is 4.79 Å². The third-order valence-corrected chi connectivity index (χ3v) is 2.80. The Kier molecular flexibility index (Phi) is 3.63. The molecule has 1 heterocycles. The number of hydrogen-bond donors (Lipinski definition) is 3. The monoisotopic (exact) mass is 255 g/mol. The van der Waals surface area contributed by atoms with Crippen molar-refractivity contribution in [3.63, 3.8) is 0 Å². The second kappa shape index (κ2) is 5.18. The maximum Gasteiger partial charge on any atom is 0.223 e. The van der Waals surface area contributed by atoms with E-state index in [4.69, 9.17) is 17.3 Å². The summed E-state index contributed by atoms with van der Waals surface area (Å²) in [6, 6.07) is 0. The molecule has 1 aliphatic rings. The van der Waals surface area contributed by atoms with Gasteiger partial charge in [-0.1, -0.05) is 11.6 Å². The van der Waals surface area contributed by atoms with Gasteiger partial charge >= 0.3 is 0 Å². The molecule has 7 heteroatoms. The minimum atomic E-state index is 0.125. The summed E-state index contributed by atoms with van der Waals surface area (Å²) >= 11 is 5.74. The number of carbonyl (C=O) groups is 1. The summed E-state index contributed by atoms with van der Waals surface area (Å²) in [6.45, 7) is 1.09. The Hall–Kier alpha value is -1.56. The molecule has 92 valence electrons. The van der Waals surface area contributed by atoms with Gasteiger partial charge in [0.1, 0.15) is 12.0 Å². The lowest BCUT2D eigenvalue weighted by Gasteiger charge is -2.09. The van der Waals surface area contributed by atoms with Crippen molar-refractivity contribution in [2.24, 2.45) is 5.92 Å². The van der Waals surface area contributed by atoms with Crippen LogP contribution in [-0.4, -0.2) is 29.0 Å². The van der Waals surface area contributed by atoms with Crippen molar-refractivity contribution < 1.29 is 4.79 Å². The fourth-order valence-corrected chi connectivity index (χ4v) is 1.50. The fraction of sp³-hybridized carbons (Fsp3) is 0.500. The second-order valence-corrected chi connectivity index (χ2v) is 4.28. The zero-order valence-electron chi connectivity index (χ0n) is 9.24. The van der Waals surface area contributed by atoms with E-state index in [2.05, 4.69) is 20.6 Å². The lowest BCUT2D eigenvalue weighted by molar-refractivity contribution is -0.122. The Balaban J connectivity index is 1.74. The van der Waals surface area contributed by atoms with E-state index < -0.39 is 0 Å². The molecule has 0 atom stereocenters. The summed E-state index contributed by atoms with van der Waals surface area (Å²) in [5.41, 5.74) is 6.00. The lowest BCUT2D eigenvalue weighted by Crippen LogP contribution is -2.30. The molecule has 1 amide bonds. The first kappa shape index (κ1) is 11.9. The molecule has 1 saturated carbocycles. The first-order chi connectivity index (χ1) is 8.18. The number of carbonyl (C=O) groups excluding carboxylic acids is 1. The van der Waals surface area contributed by atoms with E-state index >= 15 is 0 Å². The average Bonchev–Trinajstić information content (AvgIpc) is 3.13. The topological polar surface area (TPSA) is 92.9 Å². The smallest absolute Gasteiger partial charge is 0.223 e. The molecular weight excluding hydrogens is 242 g/mol.